The number of rotatable bonds is 0. The van der Waals surface area contributed by atoms with Gasteiger partial charge in [0.05, 0.1) is 14.9 Å². The fourth-order valence-corrected chi connectivity index (χ4v) is 1.80. The van der Waals surface area contributed by atoms with Crippen LogP contribution in [0.4, 0.5) is 0 Å². The number of hydrogen-bond donors (Lipinski definition) is 1. The van der Waals surface area contributed by atoms with Gasteiger partial charge in [-0.05, 0) is 16.3 Å². The maximum absolute atomic E-state index is 8.60. The van der Waals surface area contributed by atoms with Crippen molar-refractivity contribution in [2.45, 2.75) is 13.8 Å². The van der Waals surface area contributed by atoms with Crippen LogP contribution >= 0.6 is 11.3 Å². The molecule has 0 aliphatic rings. The first kappa shape index (κ1) is 13.2. The van der Waals surface area contributed by atoms with E-state index in [2.05, 4.69) is 10.1 Å². The molecule has 7 nitrogen and oxygen atoms in total. The summed E-state index contributed by atoms with van der Waals surface area (Å²) in [6, 6.07) is 2.02. The Balaban J connectivity index is 0.000000221. The van der Waals surface area contributed by atoms with Crippen molar-refractivity contribution in [3.05, 3.63) is 23.0 Å². The Morgan fingerprint density at radius 2 is 1.94 bits per heavy atom. The van der Waals surface area contributed by atoms with Gasteiger partial charge in [-0.3, -0.25) is 0 Å². The van der Waals surface area contributed by atoms with Crippen molar-refractivity contribution < 1.29 is 33.4 Å². The van der Waals surface area contributed by atoms with Crippen LogP contribution in [0, 0.1) is 24.1 Å². The largest absolute Gasteiger partial charge is 0.409 e. The number of fused-ring (bicyclic) bond motifs is 1. The van der Waals surface area contributed by atoms with E-state index in [9.17, 15) is 0 Å². The second-order valence-electron chi connectivity index (χ2n) is 2.87. The minimum absolute atomic E-state index is 0.961. The number of hydrogen-bond acceptors (Lipinski definition) is 7. The van der Waals surface area contributed by atoms with Crippen LogP contribution in [0.2, 0.25) is 0 Å². The zero-order valence-electron chi connectivity index (χ0n) is 8.45. The quantitative estimate of drug-likeness (QED) is 0.501. The van der Waals surface area contributed by atoms with Crippen molar-refractivity contribution >= 4 is 16.3 Å². The van der Waals surface area contributed by atoms with Crippen LogP contribution in [0.15, 0.2) is 11.6 Å². The molecule has 0 saturated carbocycles. The molecule has 2 rings (SSSR count). The molecule has 0 aliphatic carbocycles. The zero-order valence-corrected chi connectivity index (χ0v) is 10.0. The van der Waals surface area contributed by atoms with Crippen molar-refractivity contribution in [1.29, 1.82) is 0 Å². The molecule has 0 unspecified atom stereocenters. The summed E-state index contributed by atoms with van der Waals surface area (Å²) in [6.07, 6.45) is 0. The van der Waals surface area contributed by atoms with Gasteiger partial charge in [-0.25, -0.2) is 0 Å². The number of aromatic nitrogens is 3. The molecule has 2 heterocycles. The van der Waals surface area contributed by atoms with E-state index < -0.39 is 10.2 Å². The van der Waals surface area contributed by atoms with Crippen LogP contribution < -0.4 is 18.5 Å². The molecule has 0 radical (unpaired) electrons. The Morgan fingerprint density at radius 1 is 1.38 bits per heavy atom. The van der Waals surface area contributed by atoms with Crippen molar-refractivity contribution in [3.63, 3.8) is 0 Å². The SMILES string of the molecule is Cc1cc(C)[n+]2ncsc2n1.[O-][Cl+3]([O-])([O-])O. The number of aryl methyl sites for hydroxylation is 2. The summed E-state index contributed by atoms with van der Waals surface area (Å²) in [4.78, 5) is 5.28. The lowest BCUT2D eigenvalue weighted by atomic mass is 10.4. The van der Waals surface area contributed by atoms with E-state index in [0.717, 1.165) is 16.3 Å². The van der Waals surface area contributed by atoms with Crippen LogP contribution in [0.1, 0.15) is 11.4 Å². The second kappa shape index (κ2) is 4.95. The van der Waals surface area contributed by atoms with Gasteiger partial charge in [0.15, 0.2) is 5.69 Å². The summed E-state index contributed by atoms with van der Waals surface area (Å²) >= 11 is 1.56. The molecular formula is C7H9ClN3O4S+. The summed E-state index contributed by atoms with van der Waals surface area (Å²) in [5.74, 6) is 0. The first-order chi connectivity index (χ1) is 7.27. The van der Waals surface area contributed by atoms with Gasteiger partial charge in [0.2, 0.25) is 0 Å². The van der Waals surface area contributed by atoms with E-state index in [0.29, 0.717) is 0 Å². The Morgan fingerprint density at radius 3 is 2.50 bits per heavy atom. The summed E-state index contributed by atoms with van der Waals surface area (Å²) < 4.78 is 34.6. The molecular weight excluding hydrogens is 258 g/mol. The fraction of sp³-hybridized carbons (Fsp3) is 0.286. The van der Waals surface area contributed by atoms with Gasteiger partial charge < -0.3 is 0 Å². The number of nitrogens with zero attached hydrogens (tertiary/aromatic N) is 3. The lowest BCUT2D eigenvalue weighted by Crippen LogP contribution is -2.58. The van der Waals surface area contributed by atoms with Gasteiger partial charge in [0.25, 0.3) is 0 Å². The van der Waals surface area contributed by atoms with Gasteiger partial charge >= 0.3 is 4.96 Å². The normalized spacial score (nSPS) is 11.1. The molecule has 0 bridgehead atoms. The highest BCUT2D eigenvalue weighted by Crippen LogP contribution is 2.02. The van der Waals surface area contributed by atoms with E-state index in [4.69, 9.17) is 18.6 Å². The smallest absolute Gasteiger partial charge is 0.183 e. The third kappa shape index (κ3) is 4.31. The Kier molecular flexibility index (Phi) is 4.08. The van der Waals surface area contributed by atoms with Crippen LogP contribution in [0.3, 0.4) is 0 Å². The highest BCUT2D eigenvalue weighted by Gasteiger charge is 2.10. The predicted molar refractivity (Wildman–Crippen MR) is 44.8 cm³/mol. The monoisotopic (exact) mass is 266 g/mol. The van der Waals surface area contributed by atoms with Crippen LogP contribution in [-0.4, -0.2) is 14.7 Å². The van der Waals surface area contributed by atoms with Gasteiger partial charge in [0.1, 0.15) is 11.2 Å². The van der Waals surface area contributed by atoms with E-state index in [1.807, 2.05) is 24.4 Å². The fourth-order valence-electron chi connectivity index (χ4n) is 1.08. The minimum Gasteiger partial charge on any atom is -0.183 e. The lowest BCUT2D eigenvalue weighted by Gasteiger charge is -2.03. The van der Waals surface area contributed by atoms with E-state index in [1.165, 1.54) is 0 Å². The average Bonchev–Trinajstić information content (AvgIpc) is 2.47. The van der Waals surface area contributed by atoms with E-state index in [-0.39, 0.29) is 0 Å². The summed E-state index contributed by atoms with van der Waals surface area (Å²) in [5.41, 5.74) is 3.98. The molecule has 0 aromatic carbocycles. The molecule has 0 fully saturated rings. The molecule has 16 heavy (non-hydrogen) atoms. The van der Waals surface area contributed by atoms with Crippen molar-refractivity contribution in [1.82, 2.24) is 10.1 Å². The van der Waals surface area contributed by atoms with Gasteiger partial charge in [0, 0.05) is 19.9 Å². The maximum atomic E-state index is 8.60. The Bertz CT molecular complexity index is 478. The van der Waals surface area contributed by atoms with Gasteiger partial charge in [-0.15, -0.1) is 0 Å². The molecule has 9 heteroatoms. The Hall–Kier alpha value is -0.900. The molecule has 1 N–H and O–H groups in total. The molecule has 2 aromatic rings. The minimum atomic E-state index is -4.69. The highest BCUT2D eigenvalue weighted by molar-refractivity contribution is 7.14. The van der Waals surface area contributed by atoms with Gasteiger partial charge in [-0.1, -0.05) is 9.61 Å². The third-order valence-corrected chi connectivity index (χ3v) is 2.20. The first-order valence-electron chi connectivity index (χ1n) is 4.00. The first-order valence-corrected chi connectivity index (χ1v) is 6.15. The molecule has 88 valence electrons. The van der Waals surface area contributed by atoms with E-state index >= 15 is 0 Å². The summed E-state index contributed by atoms with van der Waals surface area (Å²) in [5, 5.41) is 4.13. The molecule has 0 amide bonds. The molecule has 0 saturated heterocycles. The molecule has 0 aliphatic heterocycles. The summed E-state index contributed by atoms with van der Waals surface area (Å²) in [6.45, 7) is 4.02. The van der Waals surface area contributed by atoms with Crippen molar-refractivity contribution in [2.75, 3.05) is 0 Å². The molecule has 0 atom stereocenters. The Labute approximate surface area is 97.0 Å². The van der Waals surface area contributed by atoms with Gasteiger partial charge in [-0.2, -0.15) is 14.0 Å². The van der Waals surface area contributed by atoms with Crippen LogP contribution in [0.25, 0.3) is 4.96 Å². The zero-order chi connectivity index (χ0) is 12.3. The van der Waals surface area contributed by atoms with Crippen molar-refractivity contribution in [3.8, 4) is 0 Å². The van der Waals surface area contributed by atoms with Crippen LogP contribution in [0.5, 0.6) is 0 Å². The molecule has 0 spiro atoms. The summed E-state index contributed by atoms with van der Waals surface area (Å²) in [7, 11) is -4.69. The number of halogens is 1. The topological polar surface area (TPSA) is 119 Å². The van der Waals surface area contributed by atoms with Crippen molar-refractivity contribution in [2.24, 2.45) is 0 Å². The predicted octanol–water partition coefficient (Wildman–Crippen LogP) is -3.23. The highest BCUT2D eigenvalue weighted by atomic mass is 35.7. The van der Waals surface area contributed by atoms with E-state index in [1.54, 1.807) is 16.8 Å². The molecule has 2 aromatic heterocycles. The maximum Gasteiger partial charge on any atom is 0.409 e. The average molecular weight is 267 g/mol. The third-order valence-electron chi connectivity index (χ3n) is 1.53. The standard InChI is InChI=1S/C7H8N3S.ClHO4/c1-5-3-6(2)10-7(9-5)11-4-8-10;2-1(3,4)5/h3-4H,1-2H3;(H,2,3,4,5)/q+1;. The second-order valence-corrected chi connectivity index (χ2v) is 4.47. The lowest BCUT2D eigenvalue weighted by molar-refractivity contribution is -1.92. The van der Waals surface area contributed by atoms with Crippen LogP contribution in [-0.2, 0) is 0 Å².